The molecule has 17 heavy (non-hydrogen) atoms. The summed E-state index contributed by atoms with van der Waals surface area (Å²) in [6.07, 6.45) is 1.15. The Hall–Kier alpha value is -1.79. The van der Waals surface area contributed by atoms with Crippen LogP contribution in [0.4, 0.5) is 0 Å². The van der Waals surface area contributed by atoms with Gasteiger partial charge in [0.1, 0.15) is 0 Å². The molecule has 2 nitrogen and oxygen atoms in total. The predicted octanol–water partition coefficient (Wildman–Crippen LogP) is 3.00. The molecule has 1 amide bonds. The van der Waals surface area contributed by atoms with Crippen LogP contribution in [0, 0.1) is 13.8 Å². The Bertz CT molecular complexity index is 468. The highest BCUT2D eigenvalue weighted by Gasteiger charge is 2.05. The molecule has 1 aromatic carbocycles. The standard InChI is InChI=1S/C15H19NO/c1-5-13(8-9-15(17)16-4)14-7-6-11(2)12(3)10-14/h6-7,10H,1,8-9H2,2-4H3,(H,16,17). The second kappa shape index (κ2) is 6.07. The van der Waals surface area contributed by atoms with Crippen molar-refractivity contribution in [2.45, 2.75) is 26.7 Å². The summed E-state index contributed by atoms with van der Waals surface area (Å²) in [4.78, 5) is 11.2. The van der Waals surface area contributed by atoms with E-state index in [1.165, 1.54) is 11.1 Å². The molecule has 0 aliphatic heterocycles. The lowest BCUT2D eigenvalue weighted by molar-refractivity contribution is -0.120. The summed E-state index contributed by atoms with van der Waals surface area (Å²) in [5, 5.41) is 2.62. The van der Waals surface area contributed by atoms with E-state index in [0.29, 0.717) is 12.8 Å². The van der Waals surface area contributed by atoms with Crippen LogP contribution in [-0.4, -0.2) is 13.0 Å². The summed E-state index contributed by atoms with van der Waals surface area (Å²) in [5.74, 6) is 0.0431. The van der Waals surface area contributed by atoms with Crippen molar-refractivity contribution in [3.63, 3.8) is 0 Å². The number of rotatable bonds is 4. The number of aryl methyl sites for hydroxylation is 2. The molecule has 0 saturated heterocycles. The highest BCUT2D eigenvalue weighted by atomic mass is 16.1. The summed E-state index contributed by atoms with van der Waals surface area (Å²) >= 11 is 0. The van der Waals surface area contributed by atoms with Gasteiger partial charge in [0.2, 0.25) is 5.91 Å². The number of hydrogen-bond acceptors (Lipinski definition) is 1. The molecule has 0 unspecified atom stereocenters. The first kappa shape index (κ1) is 13.3. The molecule has 1 N–H and O–H groups in total. The molecular formula is C15H19NO. The molecule has 0 fully saturated rings. The molecule has 0 aliphatic rings. The molecule has 90 valence electrons. The molecule has 0 aliphatic carbocycles. The number of nitrogens with one attached hydrogen (secondary N) is 1. The van der Waals surface area contributed by atoms with Crippen LogP contribution >= 0.6 is 0 Å². The Balaban J connectivity index is 2.84. The number of benzene rings is 1. The molecule has 0 radical (unpaired) electrons. The van der Waals surface area contributed by atoms with Crippen LogP contribution in [0.15, 0.2) is 30.5 Å². The molecule has 1 rings (SSSR count). The van der Waals surface area contributed by atoms with E-state index in [4.69, 9.17) is 0 Å². The van der Waals surface area contributed by atoms with Gasteiger partial charge in [-0.2, -0.15) is 0 Å². The largest absolute Gasteiger partial charge is 0.359 e. The smallest absolute Gasteiger partial charge is 0.220 e. The fraction of sp³-hybridized carbons (Fsp3) is 0.333. The van der Waals surface area contributed by atoms with Gasteiger partial charge in [0.25, 0.3) is 0 Å². The van der Waals surface area contributed by atoms with Gasteiger partial charge in [-0.3, -0.25) is 4.79 Å². The van der Waals surface area contributed by atoms with Gasteiger partial charge in [0.05, 0.1) is 0 Å². The Kier molecular flexibility index (Phi) is 4.74. The Labute approximate surface area is 103 Å². The first-order valence-electron chi connectivity index (χ1n) is 5.75. The van der Waals surface area contributed by atoms with Gasteiger partial charge in [-0.05, 0) is 37.0 Å². The van der Waals surface area contributed by atoms with Crippen molar-refractivity contribution < 1.29 is 4.79 Å². The summed E-state index contributed by atoms with van der Waals surface area (Å²) in [5.41, 5.74) is 7.54. The lowest BCUT2D eigenvalue weighted by atomic mass is 9.98. The van der Waals surface area contributed by atoms with Crippen molar-refractivity contribution in [2.75, 3.05) is 7.05 Å². The van der Waals surface area contributed by atoms with Crippen molar-refractivity contribution in [1.29, 1.82) is 0 Å². The third-order valence-electron chi connectivity index (χ3n) is 2.95. The van der Waals surface area contributed by atoms with Gasteiger partial charge in [-0.25, -0.2) is 0 Å². The molecule has 0 bridgehead atoms. The first-order chi connectivity index (χ1) is 8.08. The van der Waals surface area contributed by atoms with Crippen molar-refractivity contribution in [3.05, 3.63) is 47.2 Å². The maximum absolute atomic E-state index is 11.2. The minimum Gasteiger partial charge on any atom is -0.359 e. The zero-order chi connectivity index (χ0) is 12.8. The lowest BCUT2D eigenvalue weighted by Crippen LogP contribution is -2.17. The minimum atomic E-state index is 0.0431. The normalized spacial score (nSPS) is 9.59. The van der Waals surface area contributed by atoms with Gasteiger partial charge in [0.15, 0.2) is 0 Å². The third-order valence-corrected chi connectivity index (χ3v) is 2.95. The number of allylic oxidation sites excluding steroid dienone is 1. The Morgan fingerprint density at radius 2 is 2.00 bits per heavy atom. The van der Waals surface area contributed by atoms with E-state index < -0.39 is 0 Å². The molecule has 0 saturated carbocycles. The fourth-order valence-corrected chi connectivity index (χ4v) is 1.63. The van der Waals surface area contributed by atoms with E-state index in [1.807, 2.05) is 0 Å². The maximum Gasteiger partial charge on any atom is 0.220 e. The van der Waals surface area contributed by atoms with Crippen LogP contribution in [0.5, 0.6) is 0 Å². The van der Waals surface area contributed by atoms with Crippen LogP contribution in [0.3, 0.4) is 0 Å². The second-order valence-corrected chi connectivity index (χ2v) is 4.13. The van der Waals surface area contributed by atoms with Crippen LogP contribution in [0.1, 0.15) is 29.5 Å². The van der Waals surface area contributed by atoms with Crippen molar-refractivity contribution in [3.8, 4) is 0 Å². The maximum atomic E-state index is 11.2. The van der Waals surface area contributed by atoms with E-state index in [9.17, 15) is 4.79 Å². The number of carbonyl (C=O) groups excluding carboxylic acids is 1. The van der Waals surface area contributed by atoms with Crippen molar-refractivity contribution in [1.82, 2.24) is 5.32 Å². The van der Waals surface area contributed by atoms with E-state index in [2.05, 4.69) is 49.7 Å². The van der Waals surface area contributed by atoms with Gasteiger partial charge in [-0.1, -0.05) is 24.8 Å². The summed E-state index contributed by atoms with van der Waals surface area (Å²) in [6, 6.07) is 6.26. The van der Waals surface area contributed by atoms with Crippen molar-refractivity contribution in [2.24, 2.45) is 0 Å². The monoisotopic (exact) mass is 229 g/mol. The van der Waals surface area contributed by atoms with Gasteiger partial charge in [-0.15, -0.1) is 5.73 Å². The number of hydrogen-bond donors (Lipinski definition) is 1. The molecule has 0 atom stereocenters. The zero-order valence-corrected chi connectivity index (χ0v) is 10.8. The van der Waals surface area contributed by atoms with E-state index in [-0.39, 0.29) is 5.91 Å². The van der Waals surface area contributed by atoms with E-state index in [1.54, 1.807) is 7.05 Å². The van der Waals surface area contributed by atoms with Gasteiger partial charge >= 0.3 is 0 Å². The molecule has 0 heterocycles. The first-order valence-corrected chi connectivity index (χ1v) is 5.75. The molecule has 0 spiro atoms. The van der Waals surface area contributed by atoms with E-state index in [0.717, 1.165) is 11.1 Å². The fourth-order valence-electron chi connectivity index (χ4n) is 1.63. The summed E-state index contributed by atoms with van der Waals surface area (Å²) in [6.45, 7) is 7.87. The zero-order valence-electron chi connectivity index (χ0n) is 10.8. The molecular weight excluding hydrogens is 210 g/mol. The average Bonchev–Trinajstić information content (AvgIpc) is 2.33. The Morgan fingerprint density at radius 1 is 1.29 bits per heavy atom. The van der Waals surface area contributed by atoms with Crippen LogP contribution < -0.4 is 5.32 Å². The lowest BCUT2D eigenvalue weighted by Gasteiger charge is -2.07. The second-order valence-electron chi connectivity index (χ2n) is 4.13. The van der Waals surface area contributed by atoms with Crippen LogP contribution in [0.2, 0.25) is 0 Å². The third kappa shape index (κ3) is 3.61. The highest BCUT2D eigenvalue weighted by Crippen LogP contribution is 2.21. The topological polar surface area (TPSA) is 29.1 Å². The number of amides is 1. The number of carbonyl (C=O) groups is 1. The SMILES string of the molecule is C=C=C(CCC(=O)NC)c1ccc(C)c(C)c1. The minimum absolute atomic E-state index is 0.0431. The Morgan fingerprint density at radius 3 is 2.53 bits per heavy atom. The molecule has 1 aromatic rings. The summed E-state index contributed by atoms with van der Waals surface area (Å²) in [7, 11) is 1.65. The molecule has 2 heteroatoms. The average molecular weight is 229 g/mol. The highest BCUT2D eigenvalue weighted by molar-refractivity contribution is 5.78. The summed E-state index contributed by atoms with van der Waals surface area (Å²) < 4.78 is 0. The molecule has 0 aromatic heterocycles. The van der Waals surface area contributed by atoms with Crippen LogP contribution in [0.25, 0.3) is 5.57 Å². The predicted molar refractivity (Wildman–Crippen MR) is 71.8 cm³/mol. The van der Waals surface area contributed by atoms with Gasteiger partial charge in [0, 0.05) is 19.0 Å². The quantitative estimate of drug-likeness (QED) is 0.790. The van der Waals surface area contributed by atoms with E-state index >= 15 is 0 Å². The van der Waals surface area contributed by atoms with Gasteiger partial charge < -0.3 is 5.32 Å². The van der Waals surface area contributed by atoms with Crippen molar-refractivity contribution >= 4 is 11.5 Å². The van der Waals surface area contributed by atoms with Crippen LogP contribution in [-0.2, 0) is 4.79 Å².